The van der Waals surface area contributed by atoms with Crippen LogP contribution in [0.1, 0.15) is 56.6 Å². The normalized spacial score (nSPS) is 17.1. The predicted molar refractivity (Wildman–Crippen MR) is 104 cm³/mol. The molecule has 3 aromatic rings. The van der Waals surface area contributed by atoms with Crippen LogP contribution in [0.2, 0.25) is 0 Å². The van der Waals surface area contributed by atoms with Crippen LogP contribution in [0.15, 0.2) is 30.5 Å². The van der Waals surface area contributed by atoms with Gasteiger partial charge >= 0.3 is 0 Å². The minimum absolute atomic E-state index is 0.0367. The number of ether oxygens (including phenoxy) is 1. The summed E-state index contributed by atoms with van der Waals surface area (Å²) in [7, 11) is 0. The summed E-state index contributed by atoms with van der Waals surface area (Å²) in [4.78, 5) is 16.7. The van der Waals surface area contributed by atoms with Gasteiger partial charge in [0.25, 0.3) is 0 Å². The van der Waals surface area contributed by atoms with E-state index in [4.69, 9.17) is 4.74 Å². The van der Waals surface area contributed by atoms with E-state index in [0.717, 1.165) is 19.4 Å². The summed E-state index contributed by atoms with van der Waals surface area (Å²) in [6.07, 6.45) is 5.14. The number of benzene rings is 1. The molecule has 1 fully saturated rings. The molecule has 1 aliphatic heterocycles. The van der Waals surface area contributed by atoms with Gasteiger partial charge in [-0.15, -0.1) is 5.10 Å². The van der Waals surface area contributed by atoms with Crippen molar-refractivity contribution in [3.8, 4) is 0 Å². The number of aromatic amines is 1. The highest BCUT2D eigenvalue weighted by molar-refractivity contribution is 5.90. The lowest BCUT2D eigenvalue weighted by molar-refractivity contribution is -0.116. The summed E-state index contributed by atoms with van der Waals surface area (Å²) in [5.41, 5.74) is 2.39. The zero-order valence-corrected chi connectivity index (χ0v) is 15.7. The van der Waals surface area contributed by atoms with Crippen molar-refractivity contribution in [3.05, 3.63) is 41.9 Å². The monoisotopic (exact) mass is 367 g/mol. The van der Waals surface area contributed by atoms with Crippen molar-refractivity contribution in [1.29, 1.82) is 0 Å². The number of aryl methyl sites for hydroxylation is 1. The molecule has 0 spiro atoms. The molecule has 1 aliphatic rings. The third kappa shape index (κ3) is 3.73. The Labute approximate surface area is 158 Å². The molecule has 0 radical (unpaired) electrons. The van der Waals surface area contributed by atoms with E-state index in [1.54, 1.807) is 0 Å². The first-order valence-corrected chi connectivity index (χ1v) is 9.54. The van der Waals surface area contributed by atoms with Crippen LogP contribution < -0.4 is 5.32 Å². The fourth-order valence-electron chi connectivity index (χ4n) is 3.61. The number of anilines is 1. The lowest BCUT2D eigenvalue weighted by Crippen LogP contribution is -2.13. The Balaban J connectivity index is 1.40. The highest BCUT2D eigenvalue weighted by Gasteiger charge is 2.21. The fourth-order valence-corrected chi connectivity index (χ4v) is 3.61. The third-order valence-electron chi connectivity index (χ3n) is 4.99. The van der Waals surface area contributed by atoms with Gasteiger partial charge < -0.3 is 9.30 Å². The first kappa shape index (κ1) is 17.7. The lowest BCUT2D eigenvalue weighted by atomic mass is 10.1. The van der Waals surface area contributed by atoms with Gasteiger partial charge in [-0.2, -0.15) is 4.98 Å². The zero-order valence-electron chi connectivity index (χ0n) is 15.7. The first-order chi connectivity index (χ1) is 13.1. The van der Waals surface area contributed by atoms with Gasteiger partial charge in [0.1, 0.15) is 6.10 Å². The summed E-state index contributed by atoms with van der Waals surface area (Å²) >= 11 is 0. The first-order valence-electron chi connectivity index (χ1n) is 9.54. The molecule has 1 saturated heterocycles. The number of H-pyrrole nitrogens is 1. The second kappa shape index (κ2) is 7.52. The standard InChI is InChI=1S/C20H25N5O2/c1-13(2)25-12-14(15-6-3-4-7-16(15)25)9-10-18(26)21-20-22-19(23-24-20)17-8-5-11-27-17/h3-4,6-7,12-13,17H,5,8-11H2,1-2H3,(H2,21,22,23,24,26). The molecule has 27 heavy (non-hydrogen) atoms. The van der Waals surface area contributed by atoms with Gasteiger partial charge in [-0.05, 0) is 44.7 Å². The molecule has 0 saturated carbocycles. The molecule has 0 bridgehead atoms. The smallest absolute Gasteiger partial charge is 0.248 e. The summed E-state index contributed by atoms with van der Waals surface area (Å²) in [5.74, 6) is 0.909. The molecule has 4 rings (SSSR count). The number of fused-ring (bicyclic) bond motifs is 1. The average Bonchev–Trinajstić information content (AvgIpc) is 3.39. The minimum atomic E-state index is -0.0886. The van der Waals surface area contributed by atoms with E-state index in [-0.39, 0.29) is 12.0 Å². The molecule has 3 heterocycles. The Morgan fingerprint density at radius 3 is 3.04 bits per heavy atom. The van der Waals surface area contributed by atoms with Crippen LogP contribution in [-0.2, 0) is 16.0 Å². The van der Waals surface area contributed by atoms with E-state index >= 15 is 0 Å². The predicted octanol–water partition coefficient (Wildman–Crippen LogP) is 3.76. The number of nitrogens with one attached hydrogen (secondary N) is 2. The van der Waals surface area contributed by atoms with Gasteiger partial charge in [-0.25, -0.2) is 0 Å². The van der Waals surface area contributed by atoms with Crippen molar-refractivity contribution in [3.63, 3.8) is 0 Å². The number of hydrogen-bond acceptors (Lipinski definition) is 4. The van der Waals surface area contributed by atoms with E-state index in [2.05, 4.69) is 57.2 Å². The van der Waals surface area contributed by atoms with E-state index in [9.17, 15) is 4.79 Å². The number of amides is 1. The van der Waals surface area contributed by atoms with Gasteiger partial charge in [-0.3, -0.25) is 15.2 Å². The molecule has 142 valence electrons. The van der Waals surface area contributed by atoms with Crippen LogP contribution in [0.5, 0.6) is 0 Å². The Morgan fingerprint density at radius 1 is 1.41 bits per heavy atom. The SMILES string of the molecule is CC(C)n1cc(CCC(=O)Nc2n[nH]c(C3CCCO3)n2)c2ccccc21. The maximum absolute atomic E-state index is 12.4. The number of rotatable bonds is 6. The molecule has 2 aromatic heterocycles. The second-order valence-corrected chi connectivity index (χ2v) is 7.27. The van der Waals surface area contributed by atoms with Crippen molar-refractivity contribution >= 4 is 22.8 Å². The molecule has 1 atom stereocenters. The van der Waals surface area contributed by atoms with Crippen molar-refractivity contribution < 1.29 is 9.53 Å². The summed E-state index contributed by atoms with van der Waals surface area (Å²) in [6.45, 7) is 5.08. The Kier molecular flexibility index (Phi) is 4.94. The molecule has 1 unspecified atom stereocenters. The molecule has 7 nitrogen and oxygen atoms in total. The zero-order chi connectivity index (χ0) is 18.8. The van der Waals surface area contributed by atoms with Crippen molar-refractivity contribution in [2.24, 2.45) is 0 Å². The summed E-state index contributed by atoms with van der Waals surface area (Å²) in [6, 6.07) is 8.70. The van der Waals surface area contributed by atoms with Crippen LogP contribution in [0.4, 0.5) is 5.95 Å². The molecular weight excluding hydrogens is 342 g/mol. The van der Waals surface area contributed by atoms with Crippen molar-refractivity contribution in [1.82, 2.24) is 19.7 Å². The topological polar surface area (TPSA) is 84.8 Å². The van der Waals surface area contributed by atoms with Gasteiger partial charge in [0, 0.05) is 36.2 Å². The van der Waals surface area contributed by atoms with E-state index in [0.29, 0.717) is 30.7 Å². The van der Waals surface area contributed by atoms with Crippen LogP contribution in [0, 0.1) is 0 Å². The van der Waals surface area contributed by atoms with E-state index in [1.807, 2.05) is 12.1 Å². The lowest BCUT2D eigenvalue weighted by Gasteiger charge is -2.08. The van der Waals surface area contributed by atoms with Gasteiger partial charge in [-0.1, -0.05) is 18.2 Å². The van der Waals surface area contributed by atoms with Crippen molar-refractivity contribution in [2.75, 3.05) is 11.9 Å². The van der Waals surface area contributed by atoms with E-state index in [1.165, 1.54) is 16.5 Å². The van der Waals surface area contributed by atoms with Crippen LogP contribution in [-0.4, -0.2) is 32.3 Å². The third-order valence-corrected chi connectivity index (χ3v) is 4.99. The second-order valence-electron chi connectivity index (χ2n) is 7.27. The van der Waals surface area contributed by atoms with Crippen molar-refractivity contribution in [2.45, 2.75) is 51.7 Å². The largest absolute Gasteiger partial charge is 0.370 e. The molecule has 7 heteroatoms. The molecule has 0 aliphatic carbocycles. The number of nitrogens with zero attached hydrogens (tertiary/aromatic N) is 3. The van der Waals surface area contributed by atoms with Gasteiger partial charge in [0.2, 0.25) is 11.9 Å². The fraction of sp³-hybridized carbons (Fsp3) is 0.450. The number of carbonyl (C=O) groups excluding carboxylic acids is 1. The highest BCUT2D eigenvalue weighted by atomic mass is 16.5. The molecule has 1 amide bonds. The molecular formula is C20H25N5O2. The quantitative estimate of drug-likeness (QED) is 0.695. The molecule has 2 N–H and O–H groups in total. The van der Waals surface area contributed by atoms with Gasteiger partial charge in [0.15, 0.2) is 5.82 Å². The highest BCUT2D eigenvalue weighted by Crippen LogP contribution is 2.27. The average molecular weight is 367 g/mol. The summed E-state index contributed by atoms with van der Waals surface area (Å²) in [5, 5.41) is 10.9. The number of hydrogen-bond donors (Lipinski definition) is 2. The maximum Gasteiger partial charge on any atom is 0.248 e. The van der Waals surface area contributed by atoms with Crippen LogP contribution in [0.3, 0.4) is 0 Å². The molecule has 1 aromatic carbocycles. The van der Waals surface area contributed by atoms with Gasteiger partial charge in [0.05, 0.1) is 0 Å². The number of para-hydroxylation sites is 1. The minimum Gasteiger partial charge on any atom is -0.370 e. The summed E-state index contributed by atoms with van der Waals surface area (Å²) < 4.78 is 7.83. The van der Waals surface area contributed by atoms with E-state index < -0.39 is 0 Å². The van der Waals surface area contributed by atoms with Crippen LogP contribution in [0.25, 0.3) is 10.9 Å². The Bertz CT molecular complexity index is 937. The van der Waals surface area contributed by atoms with Crippen LogP contribution >= 0.6 is 0 Å². The maximum atomic E-state index is 12.4. The number of aromatic nitrogens is 4. The Hall–Kier alpha value is -2.67. The number of carbonyl (C=O) groups is 1. The Morgan fingerprint density at radius 2 is 2.26 bits per heavy atom.